The number of fused-ring (bicyclic) bond motifs is 1. The first-order valence-corrected chi connectivity index (χ1v) is 15.2. The van der Waals surface area contributed by atoms with Gasteiger partial charge in [0.2, 0.25) is 0 Å². The van der Waals surface area contributed by atoms with Crippen LogP contribution in [0.3, 0.4) is 0 Å². The molecule has 0 bridgehead atoms. The Hall–Kier alpha value is -1.26. The maximum Gasteiger partial charge on any atom is 0.0499 e. The van der Waals surface area contributed by atoms with Crippen LogP contribution in [0.25, 0.3) is 0 Å². The standard InChI is InChI=1S/C31H48BrN3/c1-5-22(3)35(30-16-9-6-11-21(30)2)31(23(4)33)18-17-24-20-29(25-12-10-13-26(32)19-25)34-28-15-8-7-14-27(24)28/h7-9,14-16,21,23-26,29-31,34H,3,5-6,10-13,17-20,33H2,1-2,4H3. The van der Waals surface area contributed by atoms with Gasteiger partial charge in [0, 0.05) is 40.4 Å². The molecule has 3 nitrogen and oxygen atoms in total. The van der Waals surface area contributed by atoms with Crippen LogP contribution in [0.4, 0.5) is 5.69 Å². The molecule has 1 aliphatic heterocycles. The van der Waals surface area contributed by atoms with E-state index in [1.165, 1.54) is 68.3 Å². The number of halogens is 1. The van der Waals surface area contributed by atoms with E-state index in [-0.39, 0.29) is 6.04 Å². The molecule has 1 fully saturated rings. The Balaban J connectivity index is 1.54. The van der Waals surface area contributed by atoms with Gasteiger partial charge in [-0.2, -0.15) is 0 Å². The molecule has 4 rings (SSSR count). The maximum atomic E-state index is 6.73. The Bertz CT molecular complexity index is 865. The normalized spacial score (nSPS) is 32.3. The second kappa shape index (κ2) is 12.3. The van der Waals surface area contributed by atoms with Crippen molar-refractivity contribution in [1.82, 2.24) is 4.90 Å². The molecule has 35 heavy (non-hydrogen) atoms. The van der Waals surface area contributed by atoms with Gasteiger partial charge in [0.15, 0.2) is 0 Å². The lowest BCUT2D eigenvalue weighted by molar-refractivity contribution is 0.131. The van der Waals surface area contributed by atoms with E-state index in [1.54, 1.807) is 0 Å². The summed E-state index contributed by atoms with van der Waals surface area (Å²) in [6.45, 7) is 11.4. The molecule has 3 aliphatic rings. The fourth-order valence-corrected chi connectivity index (χ4v) is 7.79. The van der Waals surface area contributed by atoms with Gasteiger partial charge < -0.3 is 16.0 Å². The Morgan fingerprint density at radius 2 is 2.03 bits per heavy atom. The topological polar surface area (TPSA) is 41.3 Å². The minimum Gasteiger partial charge on any atom is -0.382 e. The average molecular weight is 543 g/mol. The van der Waals surface area contributed by atoms with E-state index in [2.05, 4.69) is 89.9 Å². The van der Waals surface area contributed by atoms with Crippen LogP contribution in [-0.4, -0.2) is 33.9 Å². The van der Waals surface area contributed by atoms with E-state index in [0.29, 0.717) is 34.8 Å². The molecule has 1 aromatic rings. The smallest absolute Gasteiger partial charge is 0.0499 e. The molecular weight excluding hydrogens is 494 g/mol. The number of allylic oxidation sites excluding steroid dienone is 2. The van der Waals surface area contributed by atoms with Gasteiger partial charge in [-0.25, -0.2) is 0 Å². The zero-order valence-corrected chi connectivity index (χ0v) is 23.8. The summed E-state index contributed by atoms with van der Waals surface area (Å²) in [5.41, 5.74) is 10.8. The van der Waals surface area contributed by atoms with Crippen LogP contribution in [0.1, 0.15) is 96.5 Å². The summed E-state index contributed by atoms with van der Waals surface area (Å²) < 4.78 is 0. The Labute approximate surface area is 223 Å². The van der Waals surface area contributed by atoms with Crippen LogP contribution in [0.2, 0.25) is 0 Å². The summed E-state index contributed by atoms with van der Waals surface area (Å²) in [7, 11) is 0. The number of nitrogens with two attached hydrogens (primary N) is 1. The number of hydrogen-bond acceptors (Lipinski definition) is 3. The molecule has 194 valence electrons. The van der Waals surface area contributed by atoms with Gasteiger partial charge >= 0.3 is 0 Å². The summed E-state index contributed by atoms with van der Waals surface area (Å²) in [5, 5.41) is 3.96. The third-order valence-corrected chi connectivity index (χ3v) is 9.91. The van der Waals surface area contributed by atoms with Crippen molar-refractivity contribution in [2.24, 2.45) is 17.6 Å². The molecule has 8 atom stereocenters. The highest BCUT2D eigenvalue weighted by molar-refractivity contribution is 9.09. The quantitative estimate of drug-likeness (QED) is 0.246. The van der Waals surface area contributed by atoms with E-state index < -0.39 is 0 Å². The molecule has 4 heteroatoms. The van der Waals surface area contributed by atoms with Crippen molar-refractivity contribution in [2.45, 2.75) is 120 Å². The third-order valence-electron chi connectivity index (χ3n) is 9.07. The minimum absolute atomic E-state index is 0.112. The first kappa shape index (κ1) is 26.8. The summed E-state index contributed by atoms with van der Waals surface area (Å²) in [6.07, 6.45) is 17.1. The van der Waals surface area contributed by atoms with Crippen molar-refractivity contribution >= 4 is 21.6 Å². The Morgan fingerprint density at radius 1 is 1.23 bits per heavy atom. The van der Waals surface area contributed by atoms with Crippen molar-refractivity contribution in [1.29, 1.82) is 0 Å². The number of benzene rings is 1. The lowest BCUT2D eigenvalue weighted by Gasteiger charge is -2.46. The van der Waals surface area contributed by atoms with Crippen LogP contribution in [-0.2, 0) is 0 Å². The molecular formula is C31H48BrN3. The molecule has 0 amide bonds. The van der Waals surface area contributed by atoms with Crippen molar-refractivity contribution in [3.63, 3.8) is 0 Å². The van der Waals surface area contributed by atoms with Gasteiger partial charge in [0.25, 0.3) is 0 Å². The number of nitrogens with zero attached hydrogens (tertiary/aromatic N) is 1. The van der Waals surface area contributed by atoms with Gasteiger partial charge in [0.1, 0.15) is 0 Å². The second-order valence-corrected chi connectivity index (χ2v) is 12.9. The SMILES string of the molecule is C=C(CC)N(C1C=CCCC1C)C(CCC1CC(C2CCCC(Br)C2)Nc2ccccc21)C(C)N. The molecule has 1 heterocycles. The predicted molar refractivity (Wildman–Crippen MR) is 155 cm³/mol. The first-order chi connectivity index (χ1) is 16.9. The van der Waals surface area contributed by atoms with Crippen LogP contribution in [0.15, 0.2) is 48.7 Å². The predicted octanol–water partition coefficient (Wildman–Crippen LogP) is 7.98. The van der Waals surface area contributed by atoms with Crippen molar-refractivity contribution in [3.8, 4) is 0 Å². The molecule has 1 aromatic carbocycles. The highest BCUT2D eigenvalue weighted by atomic mass is 79.9. The number of nitrogens with one attached hydrogen (secondary N) is 1. The highest BCUT2D eigenvalue weighted by Gasteiger charge is 2.36. The molecule has 0 spiro atoms. The average Bonchev–Trinajstić information content (AvgIpc) is 2.86. The van der Waals surface area contributed by atoms with Gasteiger partial charge in [-0.05, 0) is 94.1 Å². The zero-order chi connectivity index (χ0) is 24.9. The maximum absolute atomic E-state index is 6.73. The van der Waals surface area contributed by atoms with Crippen molar-refractivity contribution < 1.29 is 0 Å². The summed E-state index contributed by atoms with van der Waals surface area (Å²) in [4.78, 5) is 3.30. The van der Waals surface area contributed by atoms with Crippen molar-refractivity contribution in [3.05, 3.63) is 54.3 Å². The fraction of sp³-hybridized carbons (Fsp3) is 0.677. The number of hydrogen-bond donors (Lipinski definition) is 2. The molecule has 0 aromatic heterocycles. The summed E-state index contributed by atoms with van der Waals surface area (Å²) >= 11 is 3.93. The van der Waals surface area contributed by atoms with Gasteiger partial charge in [-0.15, -0.1) is 0 Å². The largest absolute Gasteiger partial charge is 0.382 e. The second-order valence-electron chi connectivity index (χ2n) is 11.6. The number of alkyl halides is 1. The van der Waals surface area contributed by atoms with Gasteiger partial charge in [-0.3, -0.25) is 0 Å². The van der Waals surface area contributed by atoms with E-state index >= 15 is 0 Å². The minimum atomic E-state index is 0.112. The Kier molecular flexibility index (Phi) is 9.43. The zero-order valence-electron chi connectivity index (χ0n) is 22.3. The number of rotatable bonds is 9. The van der Waals surface area contributed by atoms with Crippen LogP contribution >= 0.6 is 15.9 Å². The highest BCUT2D eigenvalue weighted by Crippen LogP contribution is 2.43. The van der Waals surface area contributed by atoms with Gasteiger partial charge in [-0.1, -0.05) is 73.1 Å². The third kappa shape index (κ3) is 6.36. The van der Waals surface area contributed by atoms with E-state index in [0.717, 1.165) is 18.8 Å². The van der Waals surface area contributed by atoms with Crippen LogP contribution in [0.5, 0.6) is 0 Å². The lowest BCUT2D eigenvalue weighted by atomic mass is 9.75. The van der Waals surface area contributed by atoms with E-state index in [1.807, 2.05) is 0 Å². The van der Waals surface area contributed by atoms with Crippen LogP contribution < -0.4 is 11.1 Å². The monoisotopic (exact) mass is 541 g/mol. The van der Waals surface area contributed by atoms with Gasteiger partial charge in [0.05, 0.1) is 0 Å². The molecule has 3 N–H and O–H groups in total. The molecule has 0 saturated heterocycles. The fourth-order valence-electron chi connectivity index (χ4n) is 6.99. The molecule has 0 radical (unpaired) electrons. The number of anilines is 1. The lowest BCUT2D eigenvalue weighted by Crippen LogP contribution is -2.52. The molecule has 1 saturated carbocycles. The Morgan fingerprint density at radius 3 is 2.74 bits per heavy atom. The van der Waals surface area contributed by atoms with E-state index in [9.17, 15) is 0 Å². The summed E-state index contributed by atoms with van der Waals surface area (Å²) in [6, 6.07) is 10.5. The summed E-state index contributed by atoms with van der Waals surface area (Å²) in [5.74, 6) is 1.99. The van der Waals surface area contributed by atoms with E-state index in [4.69, 9.17) is 5.73 Å². The van der Waals surface area contributed by atoms with Crippen LogP contribution in [0, 0.1) is 11.8 Å². The number of para-hydroxylation sites is 1. The molecule has 8 unspecified atom stereocenters. The van der Waals surface area contributed by atoms with Crippen molar-refractivity contribution in [2.75, 3.05) is 5.32 Å². The first-order valence-electron chi connectivity index (χ1n) is 14.3. The molecule has 2 aliphatic carbocycles.